The number of carbonyl (C=O) groups excluding carboxylic acids is 2. The Morgan fingerprint density at radius 1 is 1.29 bits per heavy atom. The van der Waals surface area contributed by atoms with Crippen molar-refractivity contribution in [2.45, 2.75) is 20.4 Å². The van der Waals surface area contributed by atoms with E-state index < -0.39 is 5.97 Å². The van der Waals surface area contributed by atoms with Crippen LogP contribution in [0.3, 0.4) is 0 Å². The van der Waals surface area contributed by atoms with Crippen LogP contribution in [-0.4, -0.2) is 23.3 Å². The monoisotopic (exact) mass is 304 g/mol. The van der Waals surface area contributed by atoms with Crippen molar-refractivity contribution in [1.29, 1.82) is 0 Å². The Kier molecular flexibility index (Phi) is 5.05. The van der Waals surface area contributed by atoms with Gasteiger partial charge in [-0.3, -0.25) is 4.79 Å². The van der Waals surface area contributed by atoms with Crippen molar-refractivity contribution in [2.75, 3.05) is 11.9 Å². The number of nitrogens with one attached hydrogen (secondary N) is 1. The van der Waals surface area contributed by atoms with Gasteiger partial charge in [-0.1, -0.05) is 41.7 Å². The highest BCUT2D eigenvalue weighted by Crippen LogP contribution is 2.24. The maximum absolute atomic E-state index is 11.8. The van der Waals surface area contributed by atoms with Crippen LogP contribution in [0.2, 0.25) is 0 Å². The maximum Gasteiger partial charge on any atom is 0.358 e. The van der Waals surface area contributed by atoms with Crippen LogP contribution in [0.15, 0.2) is 30.3 Å². The minimum atomic E-state index is -0.563. The van der Waals surface area contributed by atoms with Gasteiger partial charge in [0.2, 0.25) is 0 Å². The summed E-state index contributed by atoms with van der Waals surface area (Å²) >= 11 is 1.17. The highest BCUT2D eigenvalue weighted by atomic mass is 32.1. The summed E-state index contributed by atoms with van der Waals surface area (Å²) < 4.78 is 4.92. The van der Waals surface area contributed by atoms with Crippen molar-refractivity contribution in [3.05, 3.63) is 46.5 Å². The molecule has 0 spiro atoms. The minimum Gasteiger partial charge on any atom is -0.461 e. The molecule has 0 fully saturated rings. The third-order valence-corrected chi connectivity index (χ3v) is 3.82. The first-order valence-electron chi connectivity index (χ1n) is 6.58. The summed E-state index contributed by atoms with van der Waals surface area (Å²) in [6.45, 7) is 3.96. The van der Waals surface area contributed by atoms with Gasteiger partial charge in [-0.05, 0) is 12.5 Å². The number of aromatic nitrogens is 1. The number of benzene rings is 1. The van der Waals surface area contributed by atoms with Gasteiger partial charge < -0.3 is 10.1 Å². The molecule has 0 saturated carbocycles. The molecule has 0 aliphatic heterocycles. The summed E-state index contributed by atoms with van der Waals surface area (Å²) in [5, 5.41) is 3.66. The molecule has 6 heteroatoms. The number of thiazole rings is 1. The average Bonchev–Trinajstić information content (AvgIpc) is 2.91. The van der Waals surface area contributed by atoms with Crippen LogP contribution in [0.5, 0.6) is 0 Å². The highest BCUT2D eigenvalue weighted by molar-refractivity contribution is 7.17. The maximum atomic E-state index is 11.8. The standard InChI is InChI=1S/C15H16N2O3S/c1-3-20-14(19)12-13(10(2)18)21-15(17-12)16-9-11-7-5-4-6-8-11/h4-8H,3,9H2,1-2H3,(H,16,17). The molecule has 5 nitrogen and oxygen atoms in total. The van der Waals surface area contributed by atoms with E-state index in [4.69, 9.17) is 4.74 Å². The molecule has 0 bridgehead atoms. The van der Waals surface area contributed by atoms with E-state index in [0.29, 0.717) is 16.6 Å². The molecule has 0 aliphatic rings. The first-order chi connectivity index (χ1) is 10.1. The summed E-state index contributed by atoms with van der Waals surface area (Å²) in [7, 11) is 0. The molecule has 0 amide bonds. The van der Waals surface area contributed by atoms with Crippen LogP contribution in [0.1, 0.15) is 39.6 Å². The fraction of sp³-hybridized carbons (Fsp3) is 0.267. The van der Waals surface area contributed by atoms with Crippen LogP contribution >= 0.6 is 11.3 Å². The van der Waals surface area contributed by atoms with Gasteiger partial charge in [0.15, 0.2) is 16.6 Å². The lowest BCUT2D eigenvalue weighted by Crippen LogP contribution is -2.09. The van der Waals surface area contributed by atoms with E-state index in [1.54, 1.807) is 6.92 Å². The van der Waals surface area contributed by atoms with E-state index in [1.807, 2.05) is 30.3 Å². The quantitative estimate of drug-likeness (QED) is 0.656. The van der Waals surface area contributed by atoms with E-state index in [1.165, 1.54) is 18.3 Å². The lowest BCUT2D eigenvalue weighted by molar-refractivity contribution is 0.0517. The topological polar surface area (TPSA) is 68.3 Å². The molecule has 110 valence electrons. The van der Waals surface area contributed by atoms with Crippen molar-refractivity contribution >= 4 is 28.2 Å². The predicted molar refractivity (Wildman–Crippen MR) is 81.8 cm³/mol. The van der Waals surface area contributed by atoms with Gasteiger partial charge in [0, 0.05) is 13.5 Å². The molecule has 0 unspecified atom stereocenters. The van der Waals surface area contributed by atoms with Gasteiger partial charge in [-0.25, -0.2) is 9.78 Å². The predicted octanol–water partition coefficient (Wildman–Crippen LogP) is 3.13. The number of hydrogen-bond donors (Lipinski definition) is 1. The summed E-state index contributed by atoms with van der Waals surface area (Å²) in [6.07, 6.45) is 0. The Labute approximate surface area is 127 Å². The first kappa shape index (κ1) is 15.2. The summed E-state index contributed by atoms with van der Waals surface area (Å²) in [5.41, 5.74) is 1.18. The summed E-state index contributed by atoms with van der Waals surface area (Å²) in [4.78, 5) is 27.9. The zero-order valence-electron chi connectivity index (χ0n) is 11.9. The zero-order chi connectivity index (χ0) is 15.2. The van der Waals surface area contributed by atoms with Crippen LogP contribution in [-0.2, 0) is 11.3 Å². The Bertz CT molecular complexity index is 638. The first-order valence-corrected chi connectivity index (χ1v) is 7.40. The van der Waals surface area contributed by atoms with Gasteiger partial charge in [0.05, 0.1) is 6.61 Å². The van der Waals surface area contributed by atoms with E-state index in [2.05, 4.69) is 10.3 Å². The van der Waals surface area contributed by atoms with E-state index in [-0.39, 0.29) is 18.1 Å². The fourth-order valence-electron chi connectivity index (χ4n) is 1.75. The normalized spacial score (nSPS) is 10.2. The molecule has 21 heavy (non-hydrogen) atoms. The van der Waals surface area contributed by atoms with Crippen LogP contribution in [0.25, 0.3) is 0 Å². The van der Waals surface area contributed by atoms with E-state index >= 15 is 0 Å². The second-order valence-corrected chi connectivity index (χ2v) is 5.31. The van der Waals surface area contributed by atoms with Crippen molar-refractivity contribution in [3.63, 3.8) is 0 Å². The Morgan fingerprint density at radius 2 is 2.00 bits per heavy atom. The molecular formula is C15H16N2O3S. The van der Waals surface area contributed by atoms with Gasteiger partial charge in [-0.15, -0.1) is 0 Å². The fourth-order valence-corrected chi connectivity index (χ4v) is 2.59. The van der Waals surface area contributed by atoms with E-state index in [0.717, 1.165) is 5.56 Å². The molecule has 0 radical (unpaired) electrons. The molecule has 1 aromatic carbocycles. The van der Waals surface area contributed by atoms with Gasteiger partial charge in [0.25, 0.3) is 0 Å². The molecule has 1 heterocycles. The number of carbonyl (C=O) groups is 2. The summed E-state index contributed by atoms with van der Waals surface area (Å²) in [6, 6.07) is 9.81. The number of ketones is 1. The van der Waals surface area contributed by atoms with Crippen LogP contribution < -0.4 is 5.32 Å². The molecular weight excluding hydrogens is 288 g/mol. The van der Waals surface area contributed by atoms with Crippen molar-refractivity contribution < 1.29 is 14.3 Å². The number of Topliss-reactive ketones (excluding diaryl/α,β-unsaturated/α-hetero) is 1. The van der Waals surface area contributed by atoms with Gasteiger partial charge in [-0.2, -0.15) is 0 Å². The second kappa shape index (κ2) is 6.99. The number of hydrogen-bond acceptors (Lipinski definition) is 6. The molecule has 0 saturated heterocycles. The number of rotatable bonds is 6. The smallest absolute Gasteiger partial charge is 0.358 e. The van der Waals surface area contributed by atoms with E-state index in [9.17, 15) is 9.59 Å². The average molecular weight is 304 g/mol. The zero-order valence-corrected chi connectivity index (χ0v) is 12.7. The molecule has 2 aromatic rings. The Morgan fingerprint density at radius 3 is 2.62 bits per heavy atom. The lowest BCUT2D eigenvalue weighted by atomic mass is 10.2. The lowest BCUT2D eigenvalue weighted by Gasteiger charge is -2.01. The number of anilines is 1. The number of ether oxygens (including phenoxy) is 1. The number of nitrogens with zero attached hydrogens (tertiary/aromatic N) is 1. The minimum absolute atomic E-state index is 0.0879. The SMILES string of the molecule is CCOC(=O)c1nc(NCc2ccccc2)sc1C(C)=O. The highest BCUT2D eigenvalue weighted by Gasteiger charge is 2.22. The van der Waals surface area contributed by atoms with Crippen molar-refractivity contribution in [2.24, 2.45) is 0 Å². The van der Waals surface area contributed by atoms with Crippen molar-refractivity contribution in [3.8, 4) is 0 Å². The van der Waals surface area contributed by atoms with Crippen LogP contribution in [0.4, 0.5) is 5.13 Å². The largest absolute Gasteiger partial charge is 0.461 e. The third kappa shape index (κ3) is 3.88. The summed E-state index contributed by atoms with van der Waals surface area (Å²) in [5.74, 6) is -0.755. The number of esters is 1. The van der Waals surface area contributed by atoms with Crippen molar-refractivity contribution in [1.82, 2.24) is 4.98 Å². The van der Waals surface area contributed by atoms with Gasteiger partial charge in [0.1, 0.15) is 4.88 Å². The van der Waals surface area contributed by atoms with Gasteiger partial charge >= 0.3 is 5.97 Å². The molecule has 0 atom stereocenters. The third-order valence-electron chi connectivity index (χ3n) is 2.70. The Hall–Kier alpha value is -2.21. The molecule has 1 N–H and O–H groups in total. The molecule has 0 aliphatic carbocycles. The molecule has 2 rings (SSSR count). The molecule has 1 aromatic heterocycles. The van der Waals surface area contributed by atoms with Crippen LogP contribution in [0, 0.1) is 0 Å². The second-order valence-electron chi connectivity index (χ2n) is 4.31. The Balaban J connectivity index is 2.15.